The van der Waals surface area contributed by atoms with Gasteiger partial charge in [-0.2, -0.15) is 0 Å². The highest BCUT2D eigenvalue weighted by atomic mass is 16.7. The quantitative estimate of drug-likeness (QED) is 0.325. The molecular weight excluding hydrogens is 536 g/mol. The second-order valence-electron chi connectivity index (χ2n) is 13.2. The molecule has 3 N–H and O–H groups in total. The predicted molar refractivity (Wildman–Crippen MR) is 158 cm³/mol. The summed E-state index contributed by atoms with van der Waals surface area (Å²) in [5, 5.41) is 34.0. The molecule has 232 valence electrons. The summed E-state index contributed by atoms with van der Waals surface area (Å²) in [7, 11) is 0. The fourth-order valence-corrected chi connectivity index (χ4v) is 7.15. The van der Waals surface area contributed by atoms with E-state index in [4.69, 9.17) is 18.9 Å². The van der Waals surface area contributed by atoms with Gasteiger partial charge in [0, 0.05) is 24.7 Å². The van der Waals surface area contributed by atoms with Gasteiger partial charge >= 0.3 is 5.97 Å². The Hall–Kier alpha value is -2.07. The summed E-state index contributed by atoms with van der Waals surface area (Å²) in [5.74, 6) is -2.35. The molecule has 8 heteroatoms. The molecule has 0 radical (unpaired) electrons. The summed E-state index contributed by atoms with van der Waals surface area (Å²) in [6.07, 6.45) is 11.7. The molecule has 0 aromatic carbocycles. The lowest BCUT2D eigenvalue weighted by Crippen LogP contribution is -2.58. The van der Waals surface area contributed by atoms with Crippen molar-refractivity contribution in [3.8, 4) is 0 Å². The predicted octanol–water partition coefficient (Wildman–Crippen LogP) is 4.31. The molecule has 1 spiro atoms. The van der Waals surface area contributed by atoms with Crippen molar-refractivity contribution in [1.29, 1.82) is 0 Å². The molecule has 0 amide bonds. The second-order valence-corrected chi connectivity index (χ2v) is 13.2. The average molecular weight is 585 g/mol. The maximum atomic E-state index is 14.0. The SMILES string of the molecule is CC[C@@H](C)[C@@H]1O[C@@]2(C=C[C@H]1C)C[C@@H]1C[C@@H](CC=C(C)[C@@H](O)[C@@H](C)C=CC=C3CO[C@@H]4[C@H](O)C(C)=C[C@@H](C(=O)O1)[C@@]34O)O2. The summed E-state index contributed by atoms with van der Waals surface area (Å²) in [5.41, 5.74) is 0.101. The van der Waals surface area contributed by atoms with Gasteiger partial charge in [0.15, 0.2) is 5.79 Å². The topological polar surface area (TPSA) is 115 Å². The molecule has 42 heavy (non-hydrogen) atoms. The molecular formula is C34H48O8. The minimum Gasteiger partial charge on any atom is -0.462 e. The molecule has 5 aliphatic rings. The van der Waals surface area contributed by atoms with Crippen LogP contribution in [0.3, 0.4) is 0 Å². The van der Waals surface area contributed by atoms with E-state index in [0.717, 1.165) is 12.0 Å². The minimum absolute atomic E-state index is 0.0464. The van der Waals surface area contributed by atoms with Gasteiger partial charge in [-0.1, -0.05) is 70.6 Å². The van der Waals surface area contributed by atoms with Crippen LogP contribution in [0.2, 0.25) is 0 Å². The first kappa shape index (κ1) is 31.4. The van der Waals surface area contributed by atoms with Gasteiger partial charge in [-0.3, -0.25) is 4.79 Å². The number of fused-ring (bicyclic) bond motifs is 2. The van der Waals surface area contributed by atoms with Crippen LogP contribution in [-0.4, -0.2) is 75.9 Å². The number of ether oxygens (including phenoxy) is 4. The zero-order valence-corrected chi connectivity index (χ0v) is 25.7. The smallest absolute Gasteiger partial charge is 0.316 e. The van der Waals surface area contributed by atoms with Crippen LogP contribution in [0.4, 0.5) is 0 Å². The first-order chi connectivity index (χ1) is 19.9. The standard InChI is InChI=1S/C34H48O8/c1-7-19(2)30-22(5)13-14-33(42-30)17-26-16-25(41-33)12-11-21(4)28(35)20(3)9-8-10-24-18-39-31-29(36)23(6)15-27(32(37)40-26)34(24,31)38/h8-11,13-15,19-20,22,25-31,35-36,38H,7,12,16-18H2,1-6H3/t19-,20+,22-,25-,26+,27+,28+,29-,30+,31-,33+,34+/m1/s1. The number of aliphatic hydroxyl groups is 3. The summed E-state index contributed by atoms with van der Waals surface area (Å²) in [4.78, 5) is 14.0. The molecule has 4 aliphatic heterocycles. The van der Waals surface area contributed by atoms with Gasteiger partial charge in [-0.25, -0.2) is 0 Å². The number of carbonyl (C=O) groups excluding carboxylic acids is 1. The molecule has 8 nitrogen and oxygen atoms in total. The van der Waals surface area contributed by atoms with Gasteiger partial charge in [0.05, 0.1) is 24.9 Å². The molecule has 2 bridgehead atoms. The molecule has 2 saturated heterocycles. The minimum atomic E-state index is -1.77. The molecule has 0 aromatic rings. The lowest BCUT2D eigenvalue weighted by Gasteiger charge is -2.48. The number of aliphatic hydroxyl groups excluding tert-OH is 2. The van der Waals surface area contributed by atoms with Gasteiger partial charge in [0.1, 0.15) is 29.8 Å². The van der Waals surface area contributed by atoms with Crippen LogP contribution in [0.25, 0.3) is 0 Å². The van der Waals surface area contributed by atoms with Crippen molar-refractivity contribution in [3.63, 3.8) is 0 Å². The highest BCUT2D eigenvalue weighted by molar-refractivity contribution is 5.78. The van der Waals surface area contributed by atoms with Gasteiger partial charge in [0.25, 0.3) is 0 Å². The summed E-state index contributed by atoms with van der Waals surface area (Å²) < 4.78 is 25.5. The van der Waals surface area contributed by atoms with E-state index in [-0.39, 0.29) is 30.7 Å². The molecule has 4 heterocycles. The number of carbonyl (C=O) groups is 1. The number of esters is 1. The highest BCUT2D eigenvalue weighted by Crippen LogP contribution is 2.47. The van der Waals surface area contributed by atoms with Crippen LogP contribution >= 0.6 is 0 Å². The molecule has 5 rings (SSSR count). The highest BCUT2D eigenvalue weighted by Gasteiger charge is 2.60. The van der Waals surface area contributed by atoms with Gasteiger partial charge in [-0.05, 0) is 49.0 Å². The summed E-state index contributed by atoms with van der Waals surface area (Å²) in [6, 6.07) is 0. The lowest BCUT2D eigenvalue weighted by molar-refractivity contribution is -0.300. The Morgan fingerprint density at radius 1 is 1.05 bits per heavy atom. The lowest BCUT2D eigenvalue weighted by atomic mass is 9.71. The normalized spacial score (nSPS) is 45.0. The van der Waals surface area contributed by atoms with E-state index in [0.29, 0.717) is 36.3 Å². The van der Waals surface area contributed by atoms with Crippen LogP contribution in [0, 0.1) is 23.7 Å². The monoisotopic (exact) mass is 584 g/mol. The van der Waals surface area contributed by atoms with Crippen molar-refractivity contribution in [3.05, 3.63) is 59.3 Å². The van der Waals surface area contributed by atoms with Crippen molar-refractivity contribution in [2.75, 3.05) is 6.61 Å². The largest absolute Gasteiger partial charge is 0.462 e. The molecule has 2 fully saturated rings. The van der Waals surface area contributed by atoms with Crippen molar-refractivity contribution in [2.45, 2.75) is 115 Å². The fourth-order valence-electron chi connectivity index (χ4n) is 7.15. The zero-order chi connectivity index (χ0) is 30.4. The van der Waals surface area contributed by atoms with Crippen LogP contribution in [0.1, 0.15) is 67.2 Å². The van der Waals surface area contributed by atoms with E-state index in [1.54, 1.807) is 25.2 Å². The van der Waals surface area contributed by atoms with Crippen LogP contribution in [-0.2, 0) is 23.7 Å². The first-order valence-corrected chi connectivity index (χ1v) is 15.6. The Morgan fingerprint density at radius 2 is 1.81 bits per heavy atom. The van der Waals surface area contributed by atoms with Crippen LogP contribution < -0.4 is 0 Å². The van der Waals surface area contributed by atoms with Crippen LogP contribution in [0.15, 0.2) is 59.3 Å². The van der Waals surface area contributed by atoms with E-state index < -0.39 is 47.7 Å². The van der Waals surface area contributed by atoms with Gasteiger partial charge < -0.3 is 34.3 Å². The third-order valence-electron chi connectivity index (χ3n) is 10.1. The van der Waals surface area contributed by atoms with Crippen molar-refractivity contribution >= 4 is 5.97 Å². The number of allylic oxidation sites excluding steroid dienone is 2. The van der Waals surface area contributed by atoms with Crippen LogP contribution in [0.5, 0.6) is 0 Å². The molecule has 12 atom stereocenters. The van der Waals surface area contributed by atoms with Crippen molar-refractivity contribution in [2.24, 2.45) is 23.7 Å². The number of hydrogen-bond acceptors (Lipinski definition) is 8. The molecule has 0 saturated carbocycles. The third kappa shape index (κ3) is 5.74. The molecule has 1 aliphatic carbocycles. The van der Waals surface area contributed by atoms with Crippen molar-refractivity contribution in [1.82, 2.24) is 0 Å². The van der Waals surface area contributed by atoms with Crippen molar-refractivity contribution < 1.29 is 39.1 Å². The number of rotatable bonds is 2. The second kappa shape index (κ2) is 12.1. The Balaban J connectivity index is 1.54. The zero-order valence-electron chi connectivity index (χ0n) is 25.7. The maximum Gasteiger partial charge on any atom is 0.316 e. The number of hydrogen-bond donors (Lipinski definition) is 3. The van der Waals surface area contributed by atoms with Gasteiger partial charge in [-0.15, -0.1) is 0 Å². The summed E-state index contributed by atoms with van der Waals surface area (Å²) in [6.45, 7) is 12.1. The van der Waals surface area contributed by atoms with E-state index in [1.807, 2.05) is 32.1 Å². The van der Waals surface area contributed by atoms with E-state index in [1.165, 1.54) is 0 Å². The fraction of sp³-hybridized carbons (Fsp3) is 0.676. The van der Waals surface area contributed by atoms with Gasteiger partial charge in [0.2, 0.25) is 0 Å². The molecule has 0 unspecified atom stereocenters. The Labute approximate surface area is 249 Å². The average Bonchev–Trinajstić information content (AvgIpc) is 3.30. The Kier molecular flexibility index (Phi) is 9.06. The van der Waals surface area contributed by atoms with E-state index in [9.17, 15) is 20.1 Å². The summed E-state index contributed by atoms with van der Waals surface area (Å²) >= 11 is 0. The Morgan fingerprint density at radius 3 is 2.55 bits per heavy atom. The van der Waals surface area contributed by atoms with E-state index in [2.05, 4.69) is 26.8 Å². The van der Waals surface area contributed by atoms with E-state index >= 15 is 0 Å². The first-order valence-electron chi connectivity index (χ1n) is 15.6. The maximum absolute atomic E-state index is 14.0. The Bertz CT molecular complexity index is 1180. The third-order valence-corrected chi connectivity index (χ3v) is 10.1. The molecule has 0 aromatic heterocycles.